The molecule has 1 fully saturated rings. The molecule has 0 amide bonds. The molecule has 0 atom stereocenters. The number of aromatic nitrogens is 1. The minimum atomic E-state index is 0.721. The molecule has 2 nitrogen and oxygen atoms in total. The van der Waals surface area contributed by atoms with Crippen LogP contribution in [0.5, 0.6) is 0 Å². The highest BCUT2D eigenvalue weighted by Crippen LogP contribution is 2.31. The summed E-state index contributed by atoms with van der Waals surface area (Å²) in [7, 11) is 0. The lowest BCUT2D eigenvalue weighted by Crippen LogP contribution is -2.15. The van der Waals surface area contributed by atoms with Gasteiger partial charge in [0, 0.05) is 17.8 Å². The molecule has 0 radical (unpaired) electrons. The van der Waals surface area contributed by atoms with Crippen molar-refractivity contribution in [1.29, 1.82) is 0 Å². The summed E-state index contributed by atoms with van der Waals surface area (Å²) in [6, 6.07) is 4.18. The van der Waals surface area contributed by atoms with Crippen LogP contribution in [0.4, 0.5) is 0 Å². The summed E-state index contributed by atoms with van der Waals surface area (Å²) in [6.45, 7) is 0. The second kappa shape index (κ2) is 3.21. The molecule has 0 aliphatic heterocycles. The summed E-state index contributed by atoms with van der Waals surface area (Å²) in [4.78, 5) is 0. The third kappa shape index (κ3) is 1.33. The SMILES string of the molecule is Nn1cccc1C1CCCCC1. The predicted molar refractivity (Wildman–Crippen MR) is 50.4 cm³/mol. The first-order chi connectivity index (χ1) is 5.88. The fraction of sp³-hybridized carbons (Fsp3) is 0.600. The zero-order chi connectivity index (χ0) is 8.39. The predicted octanol–water partition coefficient (Wildman–Crippen LogP) is 2.25. The van der Waals surface area contributed by atoms with E-state index in [4.69, 9.17) is 5.84 Å². The molecule has 1 aliphatic rings. The lowest BCUT2D eigenvalue weighted by molar-refractivity contribution is 0.431. The Hall–Kier alpha value is -0.920. The molecule has 1 aromatic heterocycles. The van der Waals surface area contributed by atoms with Gasteiger partial charge in [0.15, 0.2) is 0 Å². The Kier molecular flexibility index (Phi) is 2.07. The Bertz CT molecular complexity index is 246. The quantitative estimate of drug-likeness (QED) is 0.634. The Morgan fingerprint density at radius 1 is 1.25 bits per heavy atom. The van der Waals surface area contributed by atoms with Crippen molar-refractivity contribution in [3.8, 4) is 0 Å². The first-order valence-corrected chi connectivity index (χ1v) is 4.80. The molecule has 0 bridgehead atoms. The second-order valence-electron chi connectivity index (χ2n) is 3.68. The molecule has 0 unspecified atom stereocenters. The van der Waals surface area contributed by atoms with Gasteiger partial charge >= 0.3 is 0 Å². The van der Waals surface area contributed by atoms with Crippen LogP contribution in [0.2, 0.25) is 0 Å². The van der Waals surface area contributed by atoms with Crippen LogP contribution in [0, 0.1) is 0 Å². The zero-order valence-corrected chi connectivity index (χ0v) is 7.37. The molecule has 1 saturated carbocycles. The molecular formula is C10H16N2. The number of nitrogens with two attached hydrogens (primary N) is 1. The van der Waals surface area contributed by atoms with Crippen LogP contribution >= 0.6 is 0 Å². The van der Waals surface area contributed by atoms with E-state index in [2.05, 4.69) is 6.07 Å². The smallest absolute Gasteiger partial charge is 0.0422 e. The van der Waals surface area contributed by atoms with Gasteiger partial charge in [-0.15, -0.1) is 0 Å². The van der Waals surface area contributed by atoms with Gasteiger partial charge in [0.05, 0.1) is 0 Å². The second-order valence-corrected chi connectivity index (χ2v) is 3.68. The minimum Gasteiger partial charge on any atom is -0.339 e. The monoisotopic (exact) mass is 164 g/mol. The highest BCUT2D eigenvalue weighted by Gasteiger charge is 2.17. The van der Waals surface area contributed by atoms with Crippen molar-refractivity contribution in [3.63, 3.8) is 0 Å². The molecule has 66 valence electrons. The van der Waals surface area contributed by atoms with Crippen LogP contribution < -0.4 is 5.84 Å². The van der Waals surface area contributed by atoms with Gasteiger partial charge in [-0.1, -0.05) is 19.3 Å². The third-order valence-corrected chi connectivity index (χ3v) is 2.84. The maximum Gasteiger partial charge on any atom is 0.0422 e. The van der Waals surface area contributed by atoms with Gasteiger partial charge in [0.2, 0.25) is 0 Å². The first kappa shape index (κ1) is 7.71. The Morgan fingerprint density at radius 2 is 2.00 bits per heavy atom. The van der Waals surface area contributed by atoms with E-state index in [9.17, 15) is 0 Å². The van der Waals surface area contributed by atoms with Crippen molar-refractivity contribution < 1.29 is 0 Å². The average Bonchev–Trinajstić information content (AvgIpc) is 2.53. The molecular weight excluding hydrogens is 148 g/mol. The number of rotatable bonds is 1. The molecule has 0 saturated heterocycles. The van der Waals surface area contributed by atoms with Crippen LogP contribution in [0.1, 0.15) is 43.7 Å². The highest BCUT2D eigenvalue weighted by atomic mass is 15.3. The Balaban J connectivity index is 2.13. The molecule has 2 heteroatoms. The summed E-state index contributed by atoms with van der Waals surface area (Å²) < 4.78 is 1.77. The van der Waals surface area contributed by atoms with Crippen LogP contribution in [-0.4, -0.2) is 4.68 Å². The van der Waals surface area contributed by atoms with Gasteiger partial charge < -0.3 is 5.84 Å². The molecule has 1 aromatic rings. The van der Waals surface area contributed by atoms with Gasteiger partial charge in [-0.3, -0.25) is 4.68 Å². The van der Waals surface area contributed by atoms with E-state index in [1.165, 1.54) is 37.8 Å². The third-order valence-electron chi connectivity index (χ3n) is 2.84. The number of nitrogen functional groups attached to an aromatic ring is 1. The van der Waals surface area contributed by atoms with Gasteiger partial charge in [0.25, 0.3) is 0 Å². The van der Waals surface area contributed by atoms with Crippen molar-refractivity contribution in [2.24, 2.45) is 0 Å². The van der Waals surface area contributed by atoms with Crippen molar-refractivity contribution in [2.75, 3.05) is 5.84 Å². The molecule has 2 rings (SSSR count). The van der Waals surface area contributed by atoms with Crippen LogP contribution in [0.15, 0.2) is 18.3 Å². The molecule has 2 N–H and O–H groups in total. The minimum absolute atomic E-state index is 0.721. The molecule has 0 spiro atoms. The lowest BCUT2D eigenvalue weighted by atomic mass is 9.87. The Labute approximate surface area is 73.3 Å². The van der Waals surface area contributed by atoms with Gasteiger partial charge in [-0.05, 0) is 25.0 Å². The molecule has 12 heavy (non-hydrogen) atoms. The van der Waals surface area contributed by atoms with Crippen LogP contribution in [0.25, 0.3) is 0 Å². The van der Waals surface area contributed by atoms with Crippen molar-refractivity contribution in [3.05, 3.63) is 24.0 Å². The normalized spacial score (nSPS) is 19.7. The molecule has 1 aliphatic carbocycles. The maximum absolute atomic E-state index is 5.79. The van der Waals surface area contributed by atoms with E-state index in [1.807, 2.05) is 12.3 Å². The summed E-state index contributed by atoms with van der Waals surface area (Å²) in [5, 5.41) is 0. The van der Waals surface area contributed by atoms with Crippen molar-refractivity contribution >= 4 is 0 Å². The zero-order valence-electron chi connectivity index (χ0n) is 7.37. The summed E-state index contributed by atoms with van der Waals surface area (Å²) in [5.74, 6) is 6.51. The van der Waals surface area contributed by atoms with E-state index < -0.39 is 0 Å². The lowest BCUT2D eigenvalue weighted by Gasteiger charge is -2.21. The van der Waals surface area contributed by atoms with Crippen molar-refractivity contribution in [2.45, 2.75) is 38.0 Å². The van der Waals surface area contributed by atoms with Crippen LogP contribution in [0.3, 0.4) is 0 Å². The highest BCUT2D eigenvalue weighted by molar-refractivity contribution is 5.13. The fourth-order valence-corrected chi connectivity index (χ4v) is 2.15. The topological polar surface area (TPSA) is 30.9 Å². The Morgan fingerprint density at radius 3 is 2.58 bits per heavy atom. The average molecular weight is 164 g/mol. The summed E-state index contributed by atoms with van der Waals surface area (Å²) >= 11 is 0. The standard InChI is InChI=1S/C10H16N2/c11-12-8-4-7-10(12)9-5-2-1-3-6-9/h4,7-9H,1-3,5-6,11H2. The van der Waals surface area contributed by atoms with E-state index >= 15 is 0 Å². The summed E-state index contributed by atoms with van der Waals surface area (Å²) in [5.41, 5.74) is 1.31. The van der Waals surface area contributed by atoms with Crippen molar-refractivity contribution in [1.82, 2.24) is 4.68 Å². The maximum atomic E-state index is 5.79. The van der Waals surface area contributed by atoms with Gasteiger partial charge in [-0.25, -0.2) is 0 Å². The van der Waals surface area contributed by atoms with Gasteiger partial charge in [0.1, 0.15) is 0 Å². The van der Waals surface area contributed by atoms with E-state index in [1.54, 1.807) is 4.68 Å². The first-order valence-electron chi connectivity index (χ1n) is 4.80. The molecule has 1 heterocycles. The van der Waals surface area contributed by atoms with Gasteiger partial charge in [-0.2, -0.15) is 0 Å². The molecule has 0 aromatic carbocycles. The van der Waals surface area contributed by atoms with E-state index in [0.29, 0.717) is 0 Å². The number of nitrogens with zero attached hydrogens (tertiary/aromatic N) is 1. The summed E-state index contributed by atoms with van der Waals surface area (Å²) in [6.07, 6.45) is 8.72. The van der Waals surface area contributed by atoms with E-state index in [-0.39, 0.29) is 0 Å². The fourth-order valence-electron chi connectivity index (χ4n) is 2.15. The number of hydrogen-bond donors (Lipinski definition) is 1. The van der Waals surface area contributed by atoms with Crippen LogP contribution in [-0.2, 0) is 0 Å². The number of hydrogen-bond acceptors (Lipinski definition) is 1. The largest absolute Gasteiger partial charge is 0.339 e. The van der Waals surface area contributed by atoms with E-state index in [0.717, 1.165) is 5.92 Å².